The molecule has 0 aliphatic carbocycles. The third-order valence-corrected chi connectivity index (χ3v) is 3.02. The van der Waals surface area contributed by atoms with Gasteiger partial charge in [0.2, 0.25) is 17.2 Å². The van der Waals surface area contributed by atoms with Crippen LogP contribution in [0.25, 0.3) is 0 Å². The molecule has 1 heterocycles. The Morgan fingerprint density at radius 1 is 1.14 bits per heavy atom. The molecular formula is C14H18ClN5O. The van der Waals surface area contributed by atoms with Gasteiger partial charge in [0, 0.05) is 27.7 Å². The van der Waals surface area contributed by atoms with Crippen molar-refractivity contribution in [1.29, 1.82) is 0 Å². The fraction of sp³-hybridized carbons (Fsp3) is 0.357. The van der Waals surface area contributed by atoms with Crippen molar-refractivity contribution in [2.45, 2.75) is 13.2 Å². The molecule has 0 aliphatic rings. The zero-order valence-electron chi connectivity index (χ0n) is 12.3. The SMILES string of the molecule is COCc1ccccc1CNc1nc(Cl)nc(N(C)C)n1. The molecular weight excluding hydrogens is 290 g/mol. The number of hydrogen-bond acceptors (Lipinski definition) is 6. The number of halogens is 1. The van der Waals surface area contributed by atoms with Crippen LogP contribution in [-0.2, 0) is 17.9 Å². The summed E-state index contributed by atoms with van der Waals surface area (Å²) < 4.78 is 5.19. The fourth-order valence-electron chi connectivity index (χ4n) is 1.82. The second kappa shape index (κ2) is 7.19. The monoisotopic (exact) mass is 307 g/mol. The molecule has 0 radical (unpaired) electrons. The van der Waals surface area contributed by atoms with Crippen LogP contribution < -0.4 is 10.2 Å². The first-order chi connectivity index (χ1) is 10.1. The highest BCUT2D eigenvalue weighted by atomic mass is 35.5. The highest BCUT2D eigenvalue weighted by Crippen LogP contribution is 2.14. The second-order valence-electron chi connectivity index (χ2n) is 4.68. The van der Waals surface area contributed by atoms with Gasteiger partial charge >= 0.3 is 0 Å². The summed E-state index contributed by atoms with van der Waals surface area (Å²) in [4.78, 5) is 14.2. The molecule has 21 heavy (non-hydrogen) atoms. The van der Waals surface area contributed by atoms with Crippen molar-refractivity contribution in [3.8, 4) is 0 Å². The Bertz CT molecular complexity index is 606. The molecule has 0 saturated heterocycles. The van der Waals surface area contributed by atoms with E-state index in [2.05, 4.69) is 20.3 Å². The summed E-state index contributed by atoms with van der Waals surface area (Å²) in [6.07, 6.45) is 0. The van der Waals surface area contributed by atoms with Gasteiger partial charge in [0.05, 0.1) is 6.61 Å². The molecule has 0 spiro atoms. The number of rotatable bonds is 6. The lowest BCUT2D eigenvalue weighted by atomic mass is 10.1. The van der Waals surface area contributed by atoms with E-state index in [0.29, 0.717) is 25.0 Å². The summed E-state index contributed by atoms with van der Waals surface area (Å²) in [7, 11) is 5.38. The summed E-state index contributed by atoms with van der Waals surface area (Å²) in [6, 6.07) is 8.05. The molecule has 7 heteroatoms. The number of nitrogens with zero attached hydrogens (tertiary/aromatic N) is 4. The highest BCUT2D eigenvalue weighted by molar-refractivity contribution is 6.28. The van der Waals surface area contributed by atoms with E-state index in [1.54, 1.807) is 12.0 Å². The minimum absolute atomic E-state index is 0.168. The summed E-state index contributed by atoms with van der Waals surface area (Å²) >= 11 is 5.91. The summed E-state index contributed by atoms with van der Waals surface area (Å²) in [6.45, 7) is 1.16. The molecule has 1 N–H and O–H groups in total. The lowest BCUT2D eigenvalue weighted by Crippen LogP contribution is -2.15. The Labute approximate surface area is 129 Å². The van der Waals surface area contributed by atoms with Gasteiger partial charge in [-0.15, -0.1) is 0 Å². The van der Waals surface area contributed by atoms with Crippen LogP contribution in [0.3, 0.4) is 0 Å². The number of nitrogens with one attached hydrogen (secondary N) is 1. The third-order valence-electron chi connectivity index (χ3n) is 2.85. The van der Waals surface area contributed by atoms with E-state index in [1.165, 1.54) is 0 Å². The Morgan fingerprint density at radius 3 is 2.52 bits per heavy atom. The van der Waals surface area contributed by atoms with Gasteiger partial charge in [0.15, 0.2) is 0 Å². The first kappa shape index (κ1) is 15.5. The van der Waals surface area contributed by atoms with E-state index in [1.807, 2.05) is 38.4 Å². The molecule has 2 aromatic rings. The molecule has 1 aromatic carbocycles. The molecule has 0 bridgehead atoms. The highest BCUT2D eigenvalue weighted by Gasteiger charge is 2.07. The quantitative estimate of drug-likeness (QED) is 0.884. The molecule has 0 unspecified atom stereocenters. The van der Waals surface area contributed by atoms with Crippen molar-refractivity contribution in [2.24, 2.45) is 0 Å². The van der Waals surface area contributed by atoms with Gasteiger partial charge in [-0.1, -0.05) is 24.3 Å². The van der Waals surface area contributed by atoms with E-state index in [9.17, 15) is 0 Å². The van der Waals surface area contributed by atoms with E-state index < -0.39 is 0 Å². The zero-order chi connectivity index (χ0) is 15.2. The number of methoxy groups -OCH3 is 1. The maximum absolute atomic E-state index is 5.91. The van der Waals surface area contributed by atoms with Crippen LogP contribution in [0.2, 0.25) is 5.28 Å². The molecule has 1 aromatic heterocycles. The normalized spacial score (nSPS) is 10.5. The van der Waals surface area contributed by atoms with Crippen LogP contribution in [0.1, 0.15) is 11.1 Å². The van der Waals surface area contributed by atoms with E-state index in [0.717, 1.165) is 11.1 Å². The minimum atomic E-state index is 0.168. The molecule has 0 saturated carbocycles. The van der Waals surface area contributed by atoms with E-state index in [-0.39, 0.29) is 5.28 Å². The van der Waals surface area contributed by atoms with Crippen molar-refractivity contribution in [2.75, 3.05) is 31.4 Å². The largest absolute Gasteiger partial charge is 0.380 e. The summed E-state index contributed by atoms with van der Waals surface area (Å²) in [5.41, 5.74) is 2.25. The lowest BCUT2D eigenvalue weighted by molar-refractivity contribution is 0.184. The average Bonchev–Trinajstić information content (AvgIpc) is 2.46. The molecule has 0 aliphatic heterocycles. The van der Waals surface area contributed by atoms with Crippen molar-refractivity contribution < 1.29 is 4.74 Å². The van der Waals surface area contributed by atoms with E-state index in [4.69, 9.17) is 16.3 Å². The van der Waals surface area contributed by atoms with Gasteiger partial charge in [-0.3, -0.25) is 0 Å². The first-order valence-corrected chi connectivity index (χ1v) is 6.86. The number of ether oxygens (including phenoxy) is 1. The minimum Gasteiger partial charge on any atom is -0.380 e. The van der Waals surface area contributed by atoms with Crippen molar-refractivity contribution in [3.63, 3.8) is 0 Å². The van der Waals surface area contributed by atoms with Crippen molar-refractivity contribution in [1.82, 2.24) is 15.0 Å². The predicted octanol–water partition coefficient (Wildman–Crippen LogP) is 2.35. The molecule has 6 nitrogen and oxygen atoms in total. The molecule has 112 valence electrons. The molecule has 0 amide bonds. The Hall–Kier alpha value is -1.92. The number of anilines is 2. The number of aromatic nitrogens is 3. The van der Waals surface area contributed by atoms with Crippen molar-refractivity contribution >= 4 is 23.5 Å². The Balaban J connectivity index is 2.13. The third kappa shape index (κ3) is 4.27. The lowest BCUT2D eigenvalue weighted by Gasteiger charge is -2.13. The van der Waals surface area contributed by atoms with Gasteiger partial charge < -0.3 is 15.0 Å². The number of hydrogen-bond donors (Lipinski definition) is 1. The van der Waals surface area contributed by atoms with Gasteiger partial charge in [-0.2, -0.15) is 15.0 Å². The summed E-state index contributed by atoms with van der Waals surface area (Å²) in [5.74, 6) is 0.966. The van der Waals surface area contributed by atoms with Gasteiger partial charge in [-0.05, 0) is 22.7 Å². The maximum atomic E-state index is 5.91. The van der Waals surface area contributed by atoms with Gasteiger partial charge in [-0.25, -0.2) is 0 Å². The van der Waals surface area contributed by atoms with Crippen LogP contribution in [0.5, 0.6) is 0 Å². The van der Waals surface area contributed by atoms with Crippen LogP contribution >= 0.6 is 11.6 Å². The van der Waals surface area contributed by atoms with E-state index >= 15 is 0 Å². The summed E-state index contributed by atoms with van der Waals surface area (Å²) in [5, 5.41) is 3.33. The molecule has 0 fully saturated rings. The van der Waals surface area contributed by atoms with Crippen LogP contribution in [0.4, 0.5) is 11.9 Å². The standard InChI is InChI=1S/C14H18ClN5O/c1-20(2)14-18-12(15)17-13(19-14)16-8-10-6-4-5-7-11(10)9-21-3/h4-7H,8-9H2,1-3H3,(H,16,17,18,19). The number of benzene rings is 1. The van der Waals surface area contributed by atoms with Crippen LogP contribution in [-0.4, -0.2) is 36.2 Å². The topological polar surface area (TPSA) is 63.2 Å². The van der Waals surface area contributed by atoms with Gasteiger partial charge in [0.1, 0.15) is 0 Å². The zero-order valence-corrected chi connectivity index (χ0v) is 13.1. The second-order valence-corrected chi connectivity index (χ2v) is 5.02. The maximum Gasteiger partial charge on any atom is 0.230 e. The Kier molecular flexibility index (Phi) is 5.30. The molecule has 2 rings (SSSR count). The average molecular weight is 308 g/mol. The predicted molar refractivity (Wildman–Crippen MR) is 83.6 cm³/mol. The molecule has 0 atom stereocenters. The first-order valence-electron chi connectivity index (χ1n) is 6.48. The Morgan fingerprint density at radius 2 is 1.86 bits per heavy atom. The smallest absolute Gasteiger partial charge is 0.230 e. The van der Waals surface area contributed by atoms with Gasteiger partial charge in [0.25, 0.3) is 0 Å². The van der Waals surface area contributed by atoms with Crippen LogP contribution in [0, 0.1) is 0 Å². The fourth-order valence-corrected chi connectivity index (χ4v) is 1.97. The van der Waals surface area contributed by atoms with Crippen LogP contribution in [0.15, 0.2) is 24.3 Å². The van der Waals surface area contributed by atoms with Crippen molar-refractivity contribution in [3.05, 3.63) is 40.7 Å².